The summed E-state index contributed by atoms with van der Waals surface area (Å²) in [5, 5.41) is 6.94. The lowest BCUT2D eigenvalue weighted by Crippen LogP contribution is -2.22. The Morgan fingerprint density at radius 3 is 2.63 bits per heavy atom. The molecule has 2 aromatic heterocycles. The van der Waals surface area contributed by atoms with Crippen molar-refractivity contribution in [1.29, 1.82) is 0 Å². The Morgan fingerprint density at radius 1 is 1.19 bits per heavy atom. The molecule has 0 aliphatic carbocycles. The number of hydrogen-bond acceptors (Lipinski definition) is 5. The minimum absolute atomic E-state index is 0.0618. The Bertz CT molecular complexity index is 1030. The highest BCUT2D eigenvalue weighted by atomic mass is 32.1. The van der Waals surface area contributed by atoms with Gasteiger partial charge in [0.2, 0.25) is 0 Å². The summed E-state index contributed by atoms with van der Waals surface area (Å²) in [4.78, 5) is 40.6. The van der Waals surface area contributed by atoms with Gasteiger partial charge in [-0.3, -0.25) is 19.7 Å². The third kappa shape index (κ3) is 4.09. The number of thiazole rings is 1. The fourth-order valence-electron chi connectivity index (χ4n) is 2.35. The van der Waals surface area contributed by atoms with Gasteiger partial charge >= 0.3 is 0 Å². The predicted molar refractivity (Wildman–Crippen MR) is 99.6 cm³/mol. The van der Waals surface area contributed by atoms with Crippen molar-refractivity contribution in [2.75, 3.05) is 10.6 Å². The Morgan fingerprint density at radius 2 is 1.96 bits per heavy atom. The van der Waals surface area contributed by atoms with E-state index in [1.807, 2.05) is 0 Å². The topological polar surface area (TPSA) is 93.1 Å². The van der Waals surface area contributed by atoms with Crippen LogP contribution in [0.1, 0.15) is 26.4 Å². The number of rotatable bonds is 5. The first-order valence-corrected chi connectivity index (χ1v) is 8.72. The largest absolute Gasteiger partial charge is 0.346 e. The Labute approximate surface area is 157 Å². The molecule has 3 rings (SSSR count). The molecule has 0 spiro atoms. The zero-order valence-corrected chi connectivity index (χ0v) is 15.3. The zero-order valence-electron chi connectivity index (χ0n) is 14.4. The van der Waals surface area contributed by atoms with Gasteiger partial charge in [0.15, 0.2) is 5.13 Å². The molecule has 0 saturated heterocycles. The molecule has 7 nitrogen and oxygen atoms in total. The number of carbonyl (C=O) groups is 3. The normalized spacial score (nSPS) is 10.5. The van der Waals surface area contributed by atoms with Gasteiger partial charge in [0.05, 0.1) is 0 Å². The van der Waals surface area contributed by atoms with E-state index in [0.29, 0.717) is 16.4 Å². The fraction of sp³-hybridized carbons (Fsp3) is 0.111. The summed E-state index contributed by atoms with van der Waals surface area (Å²) in [6, 6.07) is 5.65. The summed E-state index contributed by atoms with van der Waals surface area (Å²) >= 11 is 1.19. The van der Waals surface area contributed by atoms with E-state index in [1.54, 1.807) is 31.5 Å². The Hall–Kier alpha value is -3.33. The van der Waals surface area contributed by atoms with Crippen LogP contribution in [0.5, 0.6) is 0 Å². The van der Waals surface area contributed by atoms with Crippen molar-refractivity contribution in [2.45, 2.75) is 6.92 Å². The number of halogens is 1. The zero-order chi connectivity index (χ0) is 19.6. The number of nitrogens with one attached hydrogen (secondary N) is 2. The predicted octanol–water partition coefficient (Wildman–Crippen LogP) is 3.00. The molecule has 0 atom stereocenters. The van der Waals surface area contributed by atoms with Crippen molar-refractivity contribution in [3.63, 3.8) is 0 Å². The van der Waals surface area contributed by atoms with Gasteiger partial charge in [-0.25, -0.2) is 9.37 Å². The number of aryl methyl sites for hydroxylation is 2. The summed E-state index contributed by atoms with van der Waals surface area (Å²) in [6.45, 7) is 1.62. The highest BCUT2D eigenvalue weighted by molar-refractivity contribution is 7.13. The molecule has 9 heteroatoms. The first-order chi connectivity index (χ1) is 12.8. The molecule has 2 heterocycles. The second kappa shape index (κ2) is 7.50. The number of aromatic nitrogens is 2. The van der Waals surface area contributed by atoms with Gasteiger partial charge in [0, 0.05) is 36.1 Å². The number of hydrogen-bond donors (Lipinski definition) is 2. The molecule has 2 N–H and O–H groups in total. The van der Waals surface area contributed by atoms with E-state index >= 15 is 0 Å². The molecular formula is C18H15FN4O3S. The van der Waals surface area contributed by atoms with Gasteiger partial charge in [-0.15, -0.1) is 11.3 Å². The molecule has 0 unspecified atom stereocenters. The van der Waals surface area contributed by atoms with Gasteiger partial charge in [0.25, 0.3) is 17.6 Å². The van der Waals surface area contributed by atoms with Gasteiger partial charge in [0.1, 0.15) is 11.5 Å². The Balaban J connectivity index is 1.74. The van der Waals surface area contributed by atoms with Gasteiger partial charge in [-0.2, -0.15) is 0 Å². The molecular weight excluding hydrogens is 371 g/mol. The van der Waals surface area contributed by atoms with Crippen LogP contribution in [0.15, 0.2) is 42.0 Å². The van der Waals surface area contributed by atoms with Crippen molar-refractivity contribution in [3.05, 3.63) is 64.7 Å². The van der Waals surface area contributed by atoms with Crippen LogP contribution in [0.25, 0.3) is 0 Å². The number of nitrogens with zero attached hydrogens (tertiary/aromatic N) is 2. The van der Waals surface area contributed by atoms with Crippen LogP contribution < -0.4 is 10.6 Å². The molecule has 0 aliphatic heterocycles. The molecule has 0 radical (unpaired) electrons. The van der Waals surface area contributed by atoms with Gasteiger partial charge in [-0.05, 0) is 30.7 Å². The van der Waals surface area contributed by atoms with E-state index in [-0.39, 0.29) is 11.3 Å². The minimum atomic E-state index is -0.844. The van der Waals surface area contributed by atoms with Crippen molar-refractivity contribution < 1.29 is 18.8 Å². The second-order valence-electron chi connectivity index (χ2n) is 5.76. The molecule has 2 amide bonds. The lowest BCUT2D eigenvalue weighted by atomic mass is 10.2. The number of ketones is 1. The molecule has 0 saturated carbocycles. The van der Waals surface area contributed by atoms with Crippen LogP contribution in [0.2, 0.25) is 0 Å². The maximum atomic E-state index is 13.6. The number of carbonyl (C=O) groups excluding carboxylic acids is 3. The fourth-order valence-corrected chi connectivity index (χ4v) is 2.87. The third-order valence-corrected chi connectivity index (χ3v) is 4.48. The molecule has 0 aliphatic rings. The Kier molecular flexibility index (Phi) is 5.13. The number of anilines is 2. The first-order valence-electron chi connectivity index (χ1n) is 7.84. The molecule has 3 aromatic rings. The van der Waals surface area contributed by atoms with E-state index < -0.39 is 23.4 Å². The molecule has 138 valence electrons. The van der Waals surface area contributed by atoms with Gasteiger partial charge in [-0.1, -0.05) is 6.07 Å². The quantitative estimate of drug-likeness (QED) is 0.521. The molecule has 27 heavy (non-hydrogen) atoms. The van der Waals surface area contributed by atoms with Crippen LogP contribution in [0, 0.1) is 12.7 Å². The third-order valence-electron chi connectivity index (χ3n) is 3.79. The van der Waals surface area contributed by atoms with Crippen LogP contribution in [-0.4, -0.2) is 27.1 Å². The second-order valence-corrected chi connectivity index (χ2v) is 6.66. The summed E-state index contributed by atoms with van der Waals surface area (Å²) in [7, 11) is 1.57. The molecule has 1 aromatic carbocycles. The first kappa shape index (κ1) is 18.5. The van der Waals surface area contributed by atoms with Crippen LogP contribution in [0.4, 0.5) is 15.2 Å². The highest BCUT2D eigenvalue weighted by Gasteiger charge is 2.22. The van der Waals surface area contributed by atoms with E-state index in [4.69, 9.17) is 0 Å². The average Bonchev–Trinajstić information content (AvgIpc) is 3.27. The number of benzene rings is 1. The van der Waals surface area contributed by atoms with Crippen LogP contribution in [0.3, 0.4) is 0 Å². The highest BCUT2D eigenvalue weighted by Crippen LogP contribution is 2.17. The minimum Gasteiger partial charge on any atom is -0.346 e. The monoisotopic (exact) mass is 386 g/mol. The molecule has 0 fully saturated rings. The SMILES string of the molecule is Cc1ccc(NC(=O)c2cc(C(=O)C(=O)Nc3nccs3)cn2C)cc1F. The van der Waals surface area contributed by atoms with Crippen LogP contribution >= 0.6 is 11.3 Å². The van der Waals surface area contributed by atoms with E-state index in [0.717, 1.165) is 0 Å². The summed E-state index contributed by atoms with van der Waals surface area (Å²) < 4.78 is 15.0. The van der Waals surface area contributed by atoms with E-state index in [1.165, 1.54) is 40.4 Å². The van der Waals surface area contributed by atoms with Crippen molar-refractivity contribution in [2.24, 2.45) is 7.05 Å². The lowest BCUT2D eigenvalue weighted by Gasteiger charge is -2.07. The summed E-state index contributed by atoms with van der Waals surface area (Å²) in [5.41, 5.74) is 0.970. The van der Waals surface area contributed by atoms with Crippen LogP contribution in [-0.2, 0) is 11.8 Å². The smallest absolute Gasteiger partial charge is 0.298 e. The number of Topliss-reactive ketones (excluding diaryl/α,β-unsaturated/α-hetero) is 1. The standard InChI is InChI=1S/C18H15FN4O3S/c1-10-3-4-12(8-13(10)19)21-16(25)14-7-11(9-23(14)2)15(24)17(26)22-18-20-5-6-27-18/h3-9H,1-2H3,(H,21,25)(H,20,22,26). The summed E-state index contributed by atoms with van der Waals surface area (Å²) in [6.07, 6.45) is 2.89. The van der Waals surface area contributed by atoms with Crippen molar-refractivity contribution >= 4 is 39.8 Å². The van der Waals surface area contributed by atoms with Crippen molar-refractivity contribution in [3.8, 4) is 0 Å². The molecule has 0 bridgehead atoms. The van der Waals surface area contributed by atoms with Crippen molar-refractivity contribution in [1.82, 2.24) is 9.55 Å². The maximum absolute atomic E-state index is 13.6. The van der Waals surface area contributed by atoms with E-state index in [9.17, 15) is 18.8 Å². The number of amides is 2. The maximum Gasteiger partial charge on any atom is 0.298 e. The lowest BCUT2D eigenvalue weighted by molar-refractivity contribution is -0.112. The van der Waals surface area contributed by atoms with Gasteiger partial charge < -0.3 is 9.88 Å². The van der Waals surface area contributed by atoms with E-state index in [2.05, 4.69) is 15.6 Å². The average molecular weight is 386 g/mol. The summed E-state index contributed by atoms with van der Waals surface area (Å²) in [5.74, 6) is -2.60.